The van der Waals surface area contributed by atoms with Gasteiger partial charge >= 0.3 is 0 Å². The van der Waals surface area contributed by atoms with Gasteiger partial charge in [0.05, 0.1) is 11.6 Å². The third-order valence-corrected chi connectivity index (χ3v) is 4.33. The molecule has 1 N–H and O–H groups in total. The fraction of sp³-hybridized carbons (Fsp3) is 0.278. The van der Waals surface area contributed by atoms with Crippen molar-refractivity contribution < 1.29 is 9.32 Å². The SMILES string of the molecule is Cc1cc(C)c2c(c1)NC(=O)[C@H]2Cc1nc(-c2ccc(C)nn2)no1. The van der Waals surface area contributed by atoms with E-state index in [1.807, 2.05) is 32.9 Å². The Kier molecular flexibility index (Phi) is 3.56. The van der Waals surface area contributed by atoms with Crippen molar-refractivity contribution in [3.05, 3.63) is 52.5 Å². The topological polar surface area (TPSA) is 93.8 Å². The fourth-order valence-electron chi connectivity index (χ4n) is 3.23. The van der Waals surface area contributed by atoms with Gasteiger partial charge in [-0.1, -0.05) is 11.2 Å². The Balaban J connectivity index is 1.62. The lowest BCUT2D eigenvalue weighted by atomic mass is 9.92. The van der Waals surface area contributed by atoms with Crippen LogP contribution in [0.2, 0.25) is 0 Å². The molecule has 1 aliphatic heterocycles. The van der Waals surface area contributed by atoms with Crippen LogP contribution in [0.4, 0.5) is 5.69 Å². The molecule has 0 saturated heterocycles. The predicted octanol–water partition coefficient (Wildman–Crippen LogP) is 2.73. The van der Waals surface area contributed by atoms with Gasteiger partial charge in [-0.2, -0.15) is 10.1 Å². The van der Waals surface area contributed by atoms with Crippen LogP contribution in [0.5, 0.6) is 0 Å². The normalized spacial score (nSPS) is 16.0. The Morgan fingerprint density at radius 2 is 2.00 bits per heavy atom. The molecule has 7 nitrogen and oxygen atoms in total. The number of nitrogens with one attached hydrogen (secondary N) is 1. The number of carbonyl (C=O) groups excluding carboxylic acids is 1. The number of amides is 1. The van der Waals surface area contributed by atoms with E-state index in [9.17, 15) is 4.79 Å². The highest BCUT2D eigenvalue weighted by Crippen LogP contribution is 2.37. The van der Waals surface area contributed by atoms with E-state index in [0.29, 0.717) is 23.8 Å². The van der Waals surface area contributed by atoms with Crippen molar-refractivity contribution in [1.29, 1.82) is 0 Å². The summed E-state index contributed by atoms with van der Waals surface area (Å²) in [6, 6.07) is 7.70. The van der Waals surface area contributed by atoms with Crippen molar-refractivity contribution in [2.24, 2.45) is 0 Å². The molecule has 1 atom stereocenters. The summed E-state index contributed by atoms with van der Waals surface area (Å²) < 4.78 is 5.33. The van der Waals surface area contributed by atoms with Gasteiger partial charge in [-0.15, -0.1) is 5.10 Å². The number of hydrogen-bond acceptors (Lipinski definition) is 6. The summed E-state index contributed by atoms with van der Waals surface area (Å²) in [6.45, 7) is 5.89. The molecule has 1 aromatic carbocycles. The van der Waals surface area contributed by atoms with Crippen LogP contribution in [-0.4, -0.2) is 26.2 Å². The van der Waals surface area contributed by atoms with Crippen LogP contribution in [0.3, 0.4) is 0 Å². The molecule has 3 heterocycles. The molecular formula is C18H17N5O2. The number of benzene rings is 1. The van der Waals surface area contributed by atoms with E-state index in [1.165, 1.54) is 0 Å². The molecule has 7 heteroatoms. The van der Waals surface area contributed by atoms with Crippen molar-refractivity contribution in [1.82, 2.24) is 20.3 Å². The van der Waals surface area contributed by atoms with Crippen molar-refractivity contribution in [2.45, 2.75) is 33.1 Å². The average molecular weight is 335 g/mol. The minimum atomic E-state index is -0.326. The maximum absolute atomic E-state index is 12.4. The number of rotatable bonds is 3. The molecule has 1 aliphatic rings. The number of carbonyl (C=O) groups is 1. The van der Waals surface area contributed by atoms with Gasteiger partial charge in [-0.3, -0.25) is 4.79 Å². The molecule has 0 aliphatic carbocycles. The number of fused-ring (bicyclic) bond motifs is 1. The predicted molar refractivity (Wildman–Crippen MR) is 91.1 cm³/mol. The van der Waals surface area contributed by atoms with E-state index in [4.69, 9.17) is 4.52 Å². The highest BCUT2D eigenvalue weighted by Gasteiger charge is 2.33. The monoisotopic (exact) mass is 335 g/mol. The molecule has 3 aromatic rings. The zero-order chi connectivity index (χ0) is 17.6. The summed E-state index contributed by atoms with van der Waals surface area (Å²) in [5, 5.41) is 14.9. The second-order valence-corrected chi connectivity index (χ2v) is 6.36. The van der Waals surface area contributed by atoms with Crippen LogP contribution in [0.15, 0.2) is 28.8 Å². The number of nitrogens with zero attached hydrogens (tertiary/aromatic N) is 4. The zero-order valence-corrected chi connectivity index (χ0v) is 14.2. The Morgan fingerprint density at radius 3 is 2.76 bits per heavy atom. The van der Waals surface area contributed by atoms with E-state index >= 15 is 0 Å². The van der Waals surface area contributed by atoms with Crippen LogP contribution in [0, 0.1) is 20.8 Å². The van der Waals surface area contributed by atoms with Gasteiger partial charge in [0, 0.05) is 12.1 Å². The zero-order valence-electron chi connectivity index (χ0n) is 14.2. The third-order valence-electron chi connectivity index (χ3n) is 4.33. The summed E-state index contributed by atoms with van der Waals surface area (Å²) >= 11 is 0. The van der Waals surface area contributed by atoms with E-state index in [0.717, 1.165) is 28.1 Å². The van der Waals surface area contributed by atoms with Gasteiger partial charge in [-0.25, -0.2) is 0 Å². The number of aryl methyl sites for hydroxylation is 3. The van der Waals surface area contributed by atoms with E-state index in [2.05, 4.69) is 31.7 Å². The molecule has 0 radical (unpaired) electrons. The van der Waals surface area contributed by atoms with Gasteiger partial charge in [0.1, 0.15) is 5.69 Å². The van der Waals surface area contributed by atoms with Gasteiger partial charge in [0.2, 0.25) is 17.6 Å². The van der Waals surface area contributed by atoms with E-state index in [-0.39, 0.29) is 11.8 Å². The Morgan fingerprint density at radius 1 is 1.16 bits per heavy atom. The highest BCUT2D eigenvalue weighted by atomic mass is 16.5. The lowest BCUT2D eigenvalue weighted by Crippen LogP contribution is -2.14. The maximum Gasteiger partial charge on any atom is 0.232 e. The molecular weight excluding hydrogens is 318 g/mol. The molecule has 0 saturated carbocycles. The molecule has 1 amide bonds. The first-order valence-electron chi connectivity index (χ1n) is 8.06. The Labute approximate surface area is 144 Å². The summed E-state index contributed by atoms with van der Waals surface area (Å²) in [4.78, 5) is 16.8. The third kappa shape index (κ3) is 2.77. The largest absolute Gasteiger partial charge is 0.339 e. The van der Waals surface area contributed by atoms with Gasteiger partial charge < -0.3 is 9.84 Å². The number of aromatic nitrogens is 4. The molecule has 25 heavy (non-hydrogen) atoms. The smallest absolute Gasteiger partial charge is 0.232 e. The minimum Gasteiger partial charge on any atom is -0.339 e. The van der Waals surface area contributed by atoms with Crippen LogP contribution in [0.1, 0.15) is 34.2 Å². The van der Waals surface area contributed by atoms with E-state index < -0.39 is 0 Å². The second-order valence-electron chi connectivity index (χ2n) is 6.36. The summed E-state index contributed by atoms with van der Waals surface area (Å²) in [5.41, 5.74) is 5.45. The first-order valence-corrected chi connectivity index (χ1v) is 8.06. The molecule has 0 unspecified atom stereocenters. The van der Waals surface area contributed by atoms with E-state index in [1.54, 1.807) is 6.07 Å². The first kappa shape index (κ1) is 15.4. The summed E-state index contributed by atoms with van der Waals surface area (Å²) in [6.07, 6.45) is 0.356. The van der Waals surface area contributed by atoms with Crippen LogP contribution < -0.4 is 5.32 Å². The highest BCUT2D eigenvalue weighted by molar-refractivity contribution is 6.03. The van der Waals surface area contributed by atoms with Gasteiger partial charge in [-0.05, 0) is 55.7 Å². The average Bonchev–Trinajstić information content (AvgIpc) is 3.14. The molecule has 126 valence electrons. The molecule has 0 fully saturated rings. The molecule has 4 rings (SSSR count). The van der Waals surface area contributed by atoms with Crippen molar-refractivity contribution in [2.75, 3.05) is 5.32 Å². The van der Waals surface area contributed by atoms with Crippen molar-refractivity contribution >= 4 is 11.6 Å². The molecule has 0 spiro atoms. The van der Waals surface area contributed by atoms with Gasteiger partial charge in [0.25, 0.3) is 0 Å². The van der Waals surface area contributed by atoms with Crippen molar-refractivity contribution in [3.8, 4) is 11.5 Å². The second kappa shape index (κ2) is 5.77. The summed E-state index contributed by atoms with van der Waals surface area (Å²) in [7, 11) is 0. The van der Waals surface area contributed by atoms with Crippen LogP contribution in [0.25, 0.3) is 11.5 Å². The van der Waals surface area contributed by atoms with Crippen LogP contribution in [-0.2, 0) is 11.2 Å². The summed E-state index contributed by atoms with van der Waals surface area (Å²) in [5.74, 6) is 0.415. The molecule has 0 bridgehead atoms. The van der Waals surface area contributed by atoms with Crippen LogP contribution >= 0.6 is 0 Å². The number of anilines is 1. The minimum absolute atomic E-state index is 0.0430. The maximum atomic E-state index is 12.4. The molecule has 2 aromatic heterocycles. The van der Waals surface area contributed by atoms with Gasteiger partial charge in [0.15, 0.2) is 0 Å². The first-order chi connectivity index (χ1) is 12.0. The van der Waals surface area contributed by atoms with Crippen molar-refractivity contribution in [3.63, 3.8) is 0 Å². The number of hydrogen-bond donors (Lipinski definition) is 1. The fourth-order valence-corrected chi connectivity index (χ4v) is 3.23. The Bertz CT molecular complexity index is 962. The quantitative estimate of drug-likeness (QED) is 0.791. The lowest BCUT2D eigenvalue weighted by molar-refractivity contribution is -0.117. The standard InChI is InChI=1S/C18H17N5O2/c1-9-6-10(2)16-12(18(24)19-14(16)7-9)8-15-20-17(23-25-15)13-5-4-11(3)21-22-13/h4-7,12H,8H2,1-3H3,(H,19,24)/t12-/m0/s1. The lowest BCUT2D eigenvalue weighted by Gasteiger charge is -2.09. The Hall–Kier alpha value is -3.09.